The highest BCUT2D eigenvalue weighted by Crippen LogP contribution is 2.34. The van der Waals surface area contributed by atoms with Crippen LogP contribution in [0.1, 0.15) is 12.8 Å². The Morgan fingerprint density at radius 2 is 1.83 bits per heavy atom. The molecule has 1 aliphatic heterocycles. The molecule has 1 amide bonds. The lowest BCUT2D eigenvalue weighted by atomic mass is 10.0. The van der Waals surface area contributed by atoms with E-state index in [1.54, 1.807) is 31.4 Å². The number of methoxy groups -OCH3 is 1. The number of carbonyl (C=O) groups excluding carboxylic acids is 1. The van der Waals surface area contributed by atoms with Gasteiger partial charge in [0.05, 0.1) is 12.8 Å². The number of benzene rings is 3. The first kappa shape index (κ1) is 23.5. The van der Waals surface area contributed by atoms with E-state index in [1.165, 1.54) is 11.0 Å². The van der Waals surface area contributed by atoms with Gasteiger partial charge in [0.2, 0.25) is 5.91 Å². The Morgan fingerprint density at radius 1 is 1.06 bits per heavy atom. The van der Waals surface area contributed by atoms with Crippen molar-refractivity contribution in [1.82, 2.24) is 4.72 Å². The predicted molar refractivity (Wildman–Crippen MR) is 136 cm³/mol. The lowest BCUT2D eigenvalue weighted by molar-refractivity contribution is -0.121. The van der Waals surface area contributed by atoms with Gasteiger partial charge in [-0.05, 0) is 54.1 Å². The van der Waals surface area contributed by atoms with Crippen LogP contribution in [0, 0.1) is 5.82 Å². The normalized spacial score (nSPS) is 16.6. The summed E-state index contributed by atoms with van der Waals surface area (Å²) in [5.74, 6) is -0.413. The van der Waals surface area contributed by atoms with Crippen LogP contribution in [0.5, 0.6) is 5.75 Å². The Kier molecular flexibility index (Phi) is 6.31. The number of thiophene rings is 1. The maximum absolute atomic E-state index is 15.2. The van der Waals surface area contributed by atoms with Gasteiger partial charge in [0.25, 0.3) is 10.0 Å². The number of hydrogen-bond acceptors (Lipinski definition) is 5. The monoisotopic (exact) mass is 510 g/mol. The second-order valence-corrected chi connectivity index (χ2v) is 11.3. The van der Waals surface area contributed by atoms with E-state index in [9.17, 15) is 13.2 Å². The average Bonchev–Trinajstić information content (AvgIpc) is 3.31. The number of nitrogens with zero attached hydrogens (tertiary/aromatic N) is 1. The molecule has 9 heteroatoms. The minimum atomic E-state index is -3.91. The SMILES string of the molecule is COc1ccccc1-c1ccc(N2CCCC(NS(=O)(=O)c3cc4ccccc4s3)C2=O)c(F)c1. The summed E-state index contributed by atoms with van der Waals surface area (Å²) < 4.78 is 50.2. The van der Waals surface area contributed by atoms with E-state index in [1.807, 2.05) is 42.5 Å². The van der Waals surface area contributed by atoms with Crippen molar-refractivity contribution in [2.45, 2.75) is 23.1 Å². The first-order valence-electron chi connectivity index (χ1n) is 11.1. The fraction of sp³-hybridized carbons (Fsp3) is 0.192. The Labute approximate surface area is 207 Å². The van der Waals surface area contributed by atoms with E-state index in [2.05, 4.69) is 4.72 Å². The van der Waals surface area contributed by atoms with Crippen LogP contribution in [0.2, 0.25) is 0 Å². The summed E-state index contributed by atoms with van der Waals surface area (Å²) in [6.45, 7) is 0.310. The molecule has 0 aliphatic carbocycles. The highest BCUT2D eigenvalue weighted by Gasteiger charge is 2.34. The van der Waals surface area contributed by atoms with Gasteiger partial charge in [-0.25, -0.2) is 12.8 Å². The van der Waals surface area contributed by atoms with E-state index >= 15 is 4.39 Å². The second kappa shape index (κ2) is 9.41. The van der Waals surface area contributed by atoms with E-state index in [-0.39, 0.29) is 9.90 Å². The number of sulfonamides is 1. The van der Waals surface area contributed by atoms with Gasteiger partial charge in [-0.2, -0.15) is 4.72 Å². The largest absolute Gasteiger partial charge is 0.496 e. The van der Waals surface area contributed by atoms with Gasteiger partial charge in [0.1, 0.15) is 21.8 Å². The fourth-order valence-electron chi connectivity index (χ4n) is 4.34. The van der Waals surface area contributed by atoms with Crippen LogP contribution < -0.4 is 14.4 Å². The van der Waals surface area contributed by atoms with Crippen molar-refractivity contribution in [2.24, 2.45) is 0 Å². The number of hydrogen-bond donors (Lipinski definition) is 1. The van der Waals surface area contributed by atoms with E-state index < -0.39 is 27.8 Å². The Balaban J connectivity index is 1.39. The Hall–Kier alpha value is -3.27. The molecule has 5 rings (SSSR count). The molecule has 1 aromatic heterocycles. The number of para-hydroxylation sites is 1. The molecule has 1 unspecified atom stereocenters. The number of piperidine rings is 1. The van der Waals surface area contributed by atoms with E-state index in [0.29, 0.717) is 30.7 Å². The van der Waals surface area contributed by atoms with Crippen molar-refractivity contribution in [3.05, 3.63) is 78.6 Å². The van der Waals surface area contributed by atoms with Gasteiger partial charge in [0.15, 0.2) is 0 Å². The van der Waals surface area contributed by atoms with Gasteiger partial charge in [-0.1, -0.05) is 42.5 Å². The summed E-state index contributed by atoms with van der Waals surface area (Å²) in [4.78, 5) is 14.6. The highest BCUT2D eigenvalue weighted by molar-refractivity contribution is 7.91. The summed E-state index contributed by atoms with van der Waals surface area (Å²) in [5, 5.41) is 0.826. The zero-order valence-corrected chi connectivity index (χ0v) is 20.5. The molecule has 35 heavy (non-hydrogen) atoms. The van der Waals surface area contributed by atoms with Crippen molar-refractivity contribution >= 4 is 43.0 Å². The summed E-state index contributed by atoms with van der Waals surface area (Å²) in [5.41, 5.74) is 1.48. The van der Waals surface area contributed by atoms with Crippen LogP contribution in [0.15, 0.2) is 77.0 Å². The molecule has 6 nitrogen and oxygen atoms in total. The molecule has 1 N–H and O–H groups in total. The van der Waals surface area contributed by atoms with E-state index in [0.717, 1.165) is 27.0 Å². The topological polar surface area (TPSA) is 75.7 Å². The van der Waals surface area contributed by atoms with Crippen molar-refractivity contribution in [1.29, 1.82) is 0 Å². The summed E-state index contributed by atoms with van der Waals surface area (Å²) in [6.07, 6.45) is 0.888. The van der Waals surface area contributed by atoms with Gasteiger partial charge in [-0.3, -0.25) is 4.79 Å². The first-order chi connectivity index (χ1) is 16.9. The third-order valence-electron chi connectivity index (χ3n) is 6.06. The molecule has 1 fully saturated rings. The number of nitrogens with one attached hydrogen (secondary N) is 1. The Morgan fingerprint density at radius 3 is 2.60 bits per heavy atom. The maximum atomic E-state index is 15.2. The van der Waals surface area contributed by atoms with Crippen LogP contribution in [0.3, 0.4) is 0 Å². The van der Waals surface area contributed by atoms with Crippen LogP contribution in [0.25, 0.3) is 21.2 Å². The third-order valence-corrected chi connectivity index (χ3v) is 9.12. The van der Waals surface area contributed by atoms with Crippen LogP contribution in [-0.2, 0) is 14.8 Å². The lowest BCUT2D eigenvalue weighted by Gasteiger charge is -2.32. The quantitative estimate of drug-likeness (QED) is 0.387. The number of rotatable bonds is 6. The molecular formula is C26H23FN2O4S2. The Bertz CT molecular complexity index is 1480. The minimum absolute atomic E-state index is 0.124. The smallest absolute Gasteiger partial charge is 0.250 e. The zero-order chi connectivity index (χ0) is 24.6. The minimum Gasteiger partial charge on any atom is -0.496 e. The number of anilines is 1. The van der Waals surface area contributed by atoms with Crippen LogP contribution in [0.4, 0.5) is 10.1 Å². The van der Waals surface area contributed by atoms with Crippen molar-refractivity contribution in [3.8, 4) is 16.9 Å². The second-order valence-electron chi connectivity index (χ2n) is 8.28. The molecule has 1 saturated heterocycles. The van der Waals surface area contributed by atoms with Gasteiger partial charge in [0, 0.05) is 16.8 Å². The van der Waals surface area contributed by atoms with Crippen molar-refractivity contribution < 1.29 is 22.3 Å². The third kappa shape index (κ3) is 4.54. The number of fused-ring (bicyclic) bond motifs is 1. The van der Waals surface area contributed by atoms with Crippen molar-refractivity contribution in [2.75, 3.05) is 18.6 Å². The zero-order valence-electron chi connectivity index (χ0n) is 18.9. The van der Waals surface area contributed by atoms with E-state index in [4.69, 9.17) is 4.74 Å². The number of carbonyl (C=O) groups is 1. The molecule has 2 heterocycles. The summed E-state index contributed by atoms with van der Waals surface area (Å²) in [7, 11) is -2.36. The molecule has 180 valence electrons. The van der Waals surface area contributed by atoms with Gasteiger partial charge >= 0.3 is 0 Å². The predicted octanol–water partition coefficient (Wildman–Crippen LogP) is 5.19. The molecule has 3 aromatic carbocycles. The number of amides is 1. The molecule has 0 radical (unpaired) electrons. The van der Waals surface area contributed by atoms with Crippen LogP contribution in [-0.4, -0.2) is 34.0 Å². The molecule has 0 saturated carbocycles. The molecule has 1 atom stereocenters. The molecule has 0 spiro atoms. The average molecular weight is 511 g/mol. The standard InChI is InChI=1S/C26H23FN2O4S2/c1-33-23-10-4-3-8-19(23)17-12-13-22(20(27)15-17)29-14-6-9-21(26(29)30)28-35(31,32)25-16-18-7-2-5-11-24(18)34-25/h2-5,7-8,10-13,15-16,21,28H,6,9,14H2,1H3. The van der Waals surface area contributed by atoms with Gasteiger partial charge in [-0.15, -0.1) is 11.3 Å². The molecular weight excluding hydrogens is 487 g/mol. The number of ether oxygens (including phenoxy) is 1. The van der Waals surface area contributed by atoms with Crippen molar-refractivity contribution in [3.63, 3.8) is 0 Å². The summed E-state index contributed by atoms with van der Waals surface area (Å²) >= 11 is 1.15. The fourth-order valence-corrected chi connectivity index (χ4v) is 6.97. The first-order valence-corrected chi connectivity index (χ1v) is 13.4. The molecule has 1 aliphatic rings. The summed E-state index contributed by atoms with van der Waals surface area (Å²) in [6, 6.07) is 20.0. The van der Waals surface area contributed by atoms with Gasteiger partial charge < -0.3 is 9.64 Å². The molecule has 0 bridgehead atoms. The number of halogens is 1. The molecule has 4 aromatic rings. The lowest BCUT2D eigenvalue weighted by Crippen LogP contribution is -2.52. The van der Waals surface area contributed by atoms with Crippen LogP contribution >= 0.6 is 11.3 Å². The highest BCUT2D eigenvalue weighted by atomic mass is 32.2. The maximum Gasteiger partial charge on any atom is 0.250 e.